The normalized spacial score (nSPS) is 9.25. The lowest BCUT2D eigenvalue weighted by atomic mass is 10.4. The van der Waals surface area contributed by atoms with Gasteiger partial charge in [0.05, 0.1) is 13.1 Å². The molecule has 9 heteroatoms. The zero-order valence-electron chi connectivity index (χ0n) is 7.97. The molecule has 0 atom stereocenters. The average Bonchev–Trinajstić information content (AvgIpc) is 2.03. The van der Waals surface area contributed by atoms with Gasteiger partial charge in [0.15, 0.2) is 0 Å². The van der Waals surface area contributed by atoms with Crippen LogP contribution in [-0.2, 0) is 4.79 Å². The Balaban J connectivity index is -0.000000200. The van der Waals surface area contributed by atoms with E-state index in [9.17, 15) is 13.2 Å². The molecule has 0 fully saturated rings. The molecular weight excluding hydrogens is 229 g/mol. The minimum absolute atomic E-state index is 0. The van der Waals surface area contributed by atoms with Gasteiger partial charge in [-0.05, 0) is 0 Å². The fraction of sp³-hybridized carbons (Fsp3) is 0.714. The molecule has 0 aliphatic heterocycles. The number of rotatable bonds is 3. The van der Waals surface area contributed by atoms with Gasteiger partial charge in [-0.3, -0.25) is 16.5 Å². The molecule has 0 saturated heterocycles. The van der Waals surface area contributed by atoms with Gasteiger partial charge >= 0.3 is 18.1 Å². The molecule has 0 saturated carbocycles. The number of quaternary nitrogens is 1. The first-order valence-corrected chi connectivity index (χ1v) is 3.93. The minimum atomic E-state index is -5.08. The minimum Gasteiger partial charge on any atom is -0.475 e. The number of nitrogens with one attached hydrogen (secondary N) is 1. The molecule has 0 rings (SSSR count). The second-order valence-corrected chi connectivity index (χ2v) is 2.39. The van der Waals surface area contributed by atoms with Gasteiger partial charge in [-0.2, -0.15) is 13.2 Å². The summed E-state index contributed by atoms with van der Waals surface area (Å²) in [6, 6.07) is 0. The molecule has 0 spiro atoms. The van der Waals surface area contributed by atoms with Crippen molar-refractivity contribution in [1.29, 1.82) is 0 Å². The van der Waals surface area contributed by atoms with Crippen LogP contribution in [-0.4, -0.2) is 36.3 Å². The van der Waals surface area contributed by atoms with Crippen LogP contribution in [0.1, 0.15) is 13.8 Å². The zero-order chi connectivity index (χ0) is 12.5. The summed E-state index contributed by atoms with van der Waals surface area (Å²) in [6.07, 6.45) is -4.07. The van der Waals surface area contributed by atoms with Crippen LogP contribution in [0.3, 0.4) is 0 Å². The number of carbonyl (C=O) groups is 1. The van der Waals surface area contributed by atoms with Crippen molar-refractivity contribution in [1.82, 2.24) is 0 Å². The highest BCUT2D eigenvalue weighted by Crippen LogP contribution is 2.13. The largest absolute Gasteiger partial charge is 0.490 e. The molecule has 0 aromatic carbocycles. The van der Waals surface area contributed by atoms with Crippen LogP contribution in [0, 0.1) is 0 Å². The number of hydrogen-bond acceptors (Lipinski definition) is 1. The lowest BCUT2D eigenvalue weighted by Crippen LogP contribution is -2.78. The van der Waals surface area contributed by atoms with Gasteiger partial charge in [0.2, 0.25) is 0 Å². The second-order valence-electron chi connectivity index (χ2n) is 2.39. The Bertz CT molecular complexity index is 214. The van der Waals surface area contributed by atoms with Crippen LogP contribution in [0.25, 0.3) is 0 Å². The third kappa shape index (κ3) is 18.3. The van der Waals surface area contributed by atoms with Gasteiger partial charge < -0.3 is 10.8 Å². The summed E-state index contributed by atoms with van der Waals surface area (Å²) in [6.45, 7) is 1.74. The number of halogens is 3. The van der Waals surface area contributed by atoms with Crippen molar-refractivity contribution in [3.63, 3.8) is 0 Å². The quantitative estimate of drug-likeness (QED) is 0.210. The summed E-state index contributed by atoms with van der Waals surface area (Å²) in [5.41, 5.74) is 13.8. The monoisotopic (exact) mass is 248 g/mol. The predicted molar refractivity (Wildman–Crippen MR) is 52.0 cm³/mol. The van der Waals surface area contributed by atoms with E-state index in [-0.39, 0.29) is 7.43 Å². The summed E-state index contributed by atoms with van der Waals surface area (Å²) in [5.74, 6) is -2.47. The summed E-state index contributed by atoms with van der Waals surface area (Å²) in [5, 5.41) is 7.12. The molecule has 0 radical (unpaired) electrons. The Morgan fingerprint density at radius 1 is 1.38 bits per heavy atom. The standard InChI is InChI=1S/C4H12N4.C2HF3O2.CH4/c5-2-1-3-8-4(6)7;3-2(4,5)1(6)7;/h1-3,5H2,(H4,6,7,8);(H,6,7);1H4/p+2. The molecule has 0 aliphatic carbocycles. The molecule has 0 heterocycles. The molecule has 0 unspecified atom stereocenters. The van der Waals surface area contributed by atoms with Gasteiger partial charge in [0, 0.05) is 6.42 Å². The van der Waals surface area contributed by atoms with Crippen LogP contribution in [0.5, 0.6) is 0 Å². The first-order valence-electron chi connectivity index (χ1n) is 3.93. The van der Waals surface area contributed by atoms with E-state index in [4.69, 9.17) is 21.4 Å². The Morgan fingerprint density at radius 3 is 1.94 bits per heavy atom. The van der Waals surface area contributed by atoms with Crippen LogP contribution in [0.4, 0.5) is 13.2 Å². The number of aliphatic carboxylic acids is 1. The van der Waals surface area contributed by atoms with E-state index in [1.165, 1.54) is 0 Å². The van der Waals surface area contributed by atoms with Crippen molar-refractivity contribution in [2.75, 3.05) is 13.1 Å². The van der Waals surface area contributed by atoms with Crippen molar-refractivity contribution in [3.05, 3.63) is 0 Å². The third-order valence-corrected chi connectivity index (χ3v) is 0.998. The van der Waals surface area contributed by atoms with Crippen molar-refractivity contribution >= 4 is 11.9 Å². The van der Waals surface area contributed by atoms with Gasteiger partial charge in [-0.25, -0.2) is 4.79 Å². The molecule has 98 valence electrons. The second kappa shape index (κ2) is 10.0. The maximum absolute atomic E-state index is 10.6. The number of carboxylic acid groups (broad SMARTS) is 1. The van der Waals surface area contributed by atoms with E-state index in [1.54, 1.807) is 0 Å². The fourth-order valence-electron chi connectivity index (χ4n) is 0.358. The molecule has 0 aromatic heterocycles. The van der Waals surface area contributed by atoms with E-state index in [0.717, 1.165) is 19.5 Å². The molecule has 0 amide bonds. The molecule has 0 bridgehead atoms. The topological polar surface area (TPSA) is 131 Å². The van der Waals surface area contributed by atoms with Gasteiger partial charge in [0.25, 0.3) is 0 Å². The van der Waals surface area contributed by atoms with Gasteiger partial charge in [0.1, 0.15) is 0 Å². The van der Waals surface area contributed by atoms with Crippen molar-refractivity contribution < 1.29 is 33.8 Å². The van der Waals surface area contributed by atoms with Gasteiger partial charge in [-0.1, -0.05) is 7.43 Å². The number of nitrogens with two attached hydrogens (primary N) is 2. The summed E-state index contributed by atoms with van der Waals surface area (Å²) in [4.78, 5) is 11.7. The maximum atomic E-state index is 10.6. The molecule has 0 aliphatic rings. The zero-order valence-corrected chi connectivity index (χ0v) is 7.97. The predicted octanol–water partition coefficient (Wildman–Crippen LogP) is -2.76. The molecular formula is C7H19F3N4O2+2. The third-order valence-electron chi connectivity index (χ3n) is 0.998. The number of alkyl halides is 3. The SMILES string of the molecule is C.NC(N)=[NH+]CCC[NH3+].O=C(O)C(F)(F)F. The molecule has 0 aromatic rings. The molecule has 9 N–H and O–H groups in total. The molecule has 6 nitrogen and oxygen atoms in total. The van der Waals surface area contributed by atoms with Crippen molar-refractivity contribution in [3.8, 4) is 0 Å². The smallest absolute Gasteiger partial charge is 0.475 e. The first kappa shape index (κ1) is 20.0. The van der Waals surface area contributed by atoms with Crippen molar-refractivity contribution in [2.45, 2.75) is 20.0 Å². The summed E-state index contributed by atoms with van der Waals surface area (Å²) < 4.78 is 31.7. The Labute approximate surface area is 91.3 Å². The van der Waals surface area contributed by atoms with Gasteiger partial charge in [-0.15, -0.1) is 0 Å². The maximum Gasteiger partial charge on any atom is 0.490 e. The number of hydrogen-bond donors (Lipinski definition) is 5. The van der Waals surface area contributed by atoms with E-state index < -0.39 is 12.1 Å². The summed E-state index contributed by atoms with van der Waals surface area (Å²) >= 11 is 0. The Hall–Kier alpha value is -1.51. The highest BCUT2D eigenvalue weighted by molar-refractivity contribution is 5.73. The van der Waals surface area contributed by atoms with E-state index in [2.05, 4.69) is 10.7 Å². The number of guanidine groups is 1. The number of carboxylic acids is 1. The summed E-state index contributed by atoms with van der Waals surface area (Å²) in [7, 11) is 0. The van der Waals surface area contributed by atoms with Crippen LogP contribution in [0.2, 0.25) is 0 Å². The van der Waals surface area contributed by atoms with E-state index in [0.29, 0.717) is 5.96 Å². The average molecular weight is 248 g/mol. The fourth-order valence-corrected chi connectivity index (χ4v) is 0.358. The van der Waals surface area contributed by atoms with Crippen LogP contribution < -0.4 is 22.2 Å². The van der Waals surface area contributed by atoms with E-state index >= 15 is 0 Å². The highest BCUT2D eigenvalue weighted by atomic mass is 19.4. The highest BCUT2D eigenvalue weighted by Gasteiger charge is 2.38. The molecule has 16 heavy (non-hydrogen) atoms. The lowest BCUT2D eigenvalue weighted by Gasteiger charge is -1.93. The van der Waals surface area contributed by atoms with Crippen LogP contribution in [0.15, 0.2) is 0 Å². The van der Waals surface area contributed by atoms with Crippen LogP contribution >= 0.6 is 0 Å². The Kier molecular flexibility index (Phi) is 12.5. The lowest BCUT2D eigenvalue weighted by molar-refractivity contribution is -0.470. The Morgan fingerprint density at radius 2 is 1.75 bits per heavy atom. The first-order chi connectivity index (χ1) is 6.71. The van der Waals surface area contributed by atoms with E-state index in [1.807, 2.05) is 0 Å². The van der Waals surface area contributed by atoms with Crippen molar-refractivity contribution in [2.24, 2.45) is 11.5 Å².